The summed E-state index contributed by atoms with van der Waals surface area (Å²) in [7, 11) is 0. The van der Waals surface area contributed by atoms with Crippen LogP contribution in [0.2, 0.25) is 5.02 Å². The summed E-state index contributed by atoms with van der Waals surface area (Å²) in [5.41, 5.74) is 3.76. The minimum atomic E-state index is -0.474. The van der Waals surface area contributed by atoms with Crippen LogP contribution in [-0.2, 0) is 9.59 Å². The van der Waals surface area contributed by atoms with Gasteiger partial charge in [0.05, 0.1) is 5.69 Å². The molecule has 1 aliphatic heterocycles. The number of aromatic nitrogens is 1. The average Bonchev–Trinajstić information content (AvgIpc) is 3.00. The Morgan fingerprint density at radius 3 is 2.43 bits per heavy atom. The highest BCUT2D eigenvalue weighted by molar-refractivity contribution is 7.80. The minimum absolute atomic E-state index is 0.0668. The summed E-state index contributed by atoms with van der Waals surface area (Å²) < 4.78 is 2.36. The molecule has 2 amide bonds. The van der Waals surface area contributed by atoms with E-state index >= 15 is 0 Å². The van der Waals surface area contributed by atoms with Gasteiger partial charge in [-0.15, -0.1) is 0 Å². The third kappa shape index (κ3) is 3.82. The maximum absolute atomic E-state index is 13.2. The number of anilines is 1. The molecule has 0 spiro atoms. The van der Waals surface area contributed by atoms with E-state index in [9.17, 15) is 9.59 Å². The Hall–Kier alpha value is -2.44. The number of hydrogen-bond acceptors (Lipinski definition) is 3. The van der Waals surface area contributed by atoms with E-state index in [0.717, 1.165) is 17.0 Å². The Morgan fingerprint density at radius 1 is 1.10 bits per heavy atom. The van der Waals surface area contributed by atoms with Crippen LogP contribution in [0.15, 0.2) is 35.9 Å². The smallest absolute Gasteiger partial charge is 0.270 e. The van der Waals surface area contributed by atoms with Gasteiger partial charge in [-0.05, 0) is 80.9 Å². The molecule has 1 saturated carbocycles. The average molecular weight is 442 g/mol. The zero-order chi connectivity index (χ0) is 21.4. The monoisotopic (exact) mass is 441 g/mol. The summed E-state index contributed by atoms with van der Waals surface area (Å²) in [5, 5.41) is 3.26. The third-order valence-electron chi connectivity index (χ3n) is 5.95. The lowest BCUT2D eigenvalue weighted by Gasteiger charge is -2.29. The van der Waals surface area contributed by atoms with Crippen molar-refractivity contribution in [1.82, 2.24) is 9.88 Å². The van der Waals surface area contributed by atoms with Crippen molar-refractivity contribution in [3.05, 3.63) is 57.9 Å². The number of aryl methyl sites for hydroxylation is 1. The molecular weight excluding hydrogens is 418 g/mol. The van der Waals surface area contributed by atoms with Crippen LogP contribution in [0.5, 0.6) is 0 Å². The molecule has 2 fully saturated rings. The lowest BCUT2D eigenvalue weighted by atomic mass is 9.95. The molecule has 0 unspecified atom stereocenters. The van der Waals surface area contributed by atoms with Gasteiger partial charge in [-0.3, -0.25) is 19.8 Å². The number of carbonyl (C=O) groups excluding carboxylic acids is 2. The molecule has 1 saturated heterocycles. The van der Waals surface area contributed by atoms with Crippen LogP contribution in [0.4, 0.5) is 5.69 Å². The number of halogens is 1. The maximum Gasteiger partial charge on any atom is 0.270 e. The van der Waals surface area contributed by atoms with Crippen LogP contribution in [-0.4, -0.2) is 21.5 Å². The van der Waals surface area contributed by atoms with Gasteiger partial charge in [-0.25, -0.2) is 0 Å². The number of hydrogen-bond donors (Lipinski definition) is 1. The van der Waals surface area contributed by atoms with Crippen LogP contribution >= 0.6 is 23.8 Å². The van der Waals surface area contributed by atoms with E-state index in [0.29, 0.717) is 16.8 Å². The second-order valence-electron chi connectivity index (χ2n) is 7.92. The second-order valence-corrected chi connectivity index (χ2v) is 8.75. The summed E-state index contributed by atoms with van der Waals surface area (Å²) in [6.07, 6.45) is 7.81. The molecule has 1 aromatic heterocycles. The van der Waals surface area contributed by atoms with Gasteiger partial charge in [0.25, 0.3) is 11.8 Å². The highest BCUT2D eigenvalue weighted by Gasteiger charge is 2.34. The van der Waals surface area contributed by atoms with Crippen LogP contribution in [0.3, 0.4) is 0 Å². The van der Waals surface area contributed by atoms with E-state index in [1.165, 1.54) is 37.0 Å². The SMILES string of the molecule is Cc1cc(/C=C2/C(=O)NC(=S)N(c3ccc(Cl)cc3)C2=O)c(C)n1C1CCCCC1. The molecule has 0 radical (unpaired) electrons. The molecule has 1 N–H and O–H groups in total. The summed E-state index contributed by atoms with van der Waals surface area (Å²) in [5.74, 6) is -0.911. The van der Waals surface area contributed by atoms with Gasteiger partial charge in [0.2, 0.25) is 0 Å². The first-order valence-electron chi connectivity index (χ1n) is 10.2. The van der Waals surface area contributed by atoms with E-state index in [4.69, 9.17) is 23.8 Å². The summed E-state index contributed by atoms with van der Waals surface area (Å²) in [6.45, 7) is 4.14. The lowest BCUT2D eigenvalue weighted by Crippen LogP contribution is -2.54. The van der Waals surface area contributed by atoms with E-state index in [2.05, 4.69) is 29.8 Å². The first kappa shape index (κ1) is 20.8. The highest BCUT2D eigenvalue weighted by atomic mass is 35.5. The first-order valence-corrected chi connectivity index (χ1v) is 11.0. The van der Waals surface area contributed by atoms with E-state index in [1.807, 2.05) is 0 Å². The topological polar surface area (TPSA) is 54.3 Å². The summed E-state index contributed by atoms with van der Waals surface area (Å²) in [4.78, 5) is 27.2. The van der Waals surface area contributed by atoms with Gasteiger partial charge >= 0.3 is 0 Å². The molecular formula is C23H24ClN3O2S. The molecule has 1 aliphatic carbocycles. The first-order chi connectivity index (χ1) is 14.4. The summed E-state index contributed by atoms with van der Waals surface area (Å²) in [6, 6.07) is 9.32. The van der Waals surface area contributed by atoms with Crippen molar-refractivity contribution in [2.24, 2.45) is 0 Å². The molecule has 1 aromatic carbocycles. The van der Waals surface area contributed by atoms with Crippen molar-refractivity contribution in [2.75, 3.05) is 4.90 Å². The van der Waals surface area contributed by atoms with Crippen LogP contribution in [0.25, 0.3) is 6.08 Å². The molecule has 4 rings (SSSR count). The number of rotatable bonds is 3. The minimum Gasteiger partial charge on any atom is -0.346 e. The molecule has 0 atom stereocenters. The molecule has 5 nitrogen and oxygen atoms in total. The molecule has 2 aromatic rings. The molecule has 7 heteroatoms. The van der Waals surface area contributed by atoms with E-state index in [-0.39, 0.29) is 10.7 Å². The third-order valence-corrected chi connectivity index (χ3v) is 6.49. The Kier molecular flexibility index (Phi) is 5.80. The quantitative estimate of drug-likeness (QED) is 0.410. The van der Waals surface area contributed by atoms with Gasteiger partial charge in [0.15, 0.2) is 5.11 Å². The maximum atomic E-state index is 13.2. The molecule has 30 heavy (non-hydrogen) atoms. The van der Waals surface area contributed by atoms with Crippen LogP contribution < -0.4 is 10.2 Å². The Labute approximate surface area is 186 Å². The number of amides is 2. The van der Waals surface area contributed by atoms with Gasteiger partial charge in [0, 0.05) is 22.5 Å². The number of carbonyl (C=O) groups is 2. The largest absolute Gasteiger partial charge is 0.346 e. The van der Waals surface area contributed by atoms with Crippen molar-refractivity contribution >= 4 is 52.5 Å². The number of nitrogens with one attached hydrogen (secondary N) is 1. The second kappa shape index (κ2) is 8.36. The van der Waals surface area contributed by atoms with E-state index < -0.39 is 11.8 Å². The Bertz CT molecular complexity index is 1050. The fourth-order valence-electron chi connectivity index (χ4n) is 4.49. The normalized spacial score (nSPS) is 19.5. The van der Waals surface area contributed by atoms with Crippen LogP contribution in [0, 0.1) is 13.8 Å². The van der Waals surface area contributed by atoms with Crippen molar-refractivity contribution in [3.8, 4) is 0 Å². The van der Waals surface area contributed by atoms with Crippen molar-refractivity contribution in [2.45, 2.75) is 52.0 Å². The predicted octanol–water partition coefficient (Wildman–Crippen LogP) is 5.09. The lowest BCUT2D eigenvalue weighted by molar-refractivity contribution is -0.122. The zero-order valence-corrected chi connectivity index (χ0v) is 18.6. The van der Waals surface area contributed by atoms with Crippen LogP contribution in [0.1, 0.15) is 55.1 Å². The van der Waals surface area contributed by atoms with E-state index in [1.54, 1.807) is 30.3 Å². The fraction of sp³-hybridized carbons (Fsp3) is 0.348. The van der Waals surface area contributed by atoms with Crippen molar-refractivity contribution < 1.29 is 9.59 Å². The standard InChI is InChI=1S/C23H24ClN3O2S/c1-14-12-16(15(2)26(14)18-6-4-3-5-7-18)13-20-21(28)25-23(30)27(22(20)29)19-10-8-17(24)9-11-19/h8-13,18H,3-7H2,1-2H3,(H,25,28,30)/b20-13-. The Balaban J connectivity index is 1.70. The number of benzene rings is 1. The zero-order valence-electron chi connectivity index (χ0n) is 17.1. The number of nitrogens with zero attached hydrogens (tertiary/aromatic N) is 2. The molecule has 0 bridgehead atoms. The van der Waals surface area contributed by atoms with Gasteiger partial charge in [0.1, 0.15) is 5.57 Å². The van der Waals surface area contributed by atoms with Gasteiger partial charge in [-0.2, -0.15) is 0 Å². The van der Waals surface area contributed by atoms with Gasteiger partial charge in [-0.1, -0.05) is 30.9 Å². The van der Waals surface area contributed by atoms with Gasteiger partial charge < -0.3 is 4.57 Å². The molecule has 2 aliphatic rings. The summed E-state index contributed by atoms with van der Waals surface area (Å²) >= 11 is 11.2. The molecule has 156 valence electrons. The molecule has 2 heterocycles. The fourth-order valence-corrected chi connectivity index (χ4v) is 4.89. The predicted molar refractivity (Wildman–Crippen MR) is 124 cm³/mol. The number of thiocarbonyl (C=S) groups is 1. The highest BCUT2D eigenvalue weighted by Crippen LogP contribution is 2.33. The Morgan fingerprint density at radius 2 is 1.77 bits per heavy atom. The van der Waals surface area contributed by atoms with Crippen molar-refractivity contribution in [3.63, 3.8) is 0 Å². The van der Waals surface area contributed by atoms with Crippen molar-refractivity contribution in [1.29, 1.82) is 0 Å².